The van der Waals surface area contributed by atoms with Crippen LogP contribution in [0.15, 0.2) is 36.4 Å². The van der Waals surface area contributed by atoms with E-state index in [2.05, 4.69) is 36.4 Å². The Morgan fingerprint density at radius 3 is 1.47 bits per heavy atom. The average Bonchev–Trinajstić information content (AvgIpc) is 3.78. The molecule has 0 radical (unpaired) electrons. The van der Waals surface area contributed by atoms with Gasteiger partial charge in [0.2, 0.25) is 0 Å². The van der Waals surface area contributed by atoms with Crippen LogP contribution in [-0.4, -0.2) is 56.8 Å². The Kier molecular flexibility index (Phi) is 3.18. The molecule has 45 heavy (non-hydrogen) atoms. The Bertz CT molecular complexity index is 2390. The largest absolute Gasteiger partial charge is 0.480 e. The summed E-state index contributed by atoms with van der Waals surface area (Å²) >= 11 is 0. The van der Waals surface area contributed by atoms with Crippen molar-refractivity contribution in [1.29, 1.82) is 0 Å². The quantitative estimate of drug-likeness (QED) is 0.233. The highest BCUT2D eigenvalue weighted by atomic mass is 16.4. The van der Waals surface area contributed by atoms with Crippen LogP contribution in [0.5, 0.6) is 0 Å². The van der Waals surface area contributed by atoms with Gasteiger partial charge in [-0.3, -0.25) is 19.3 Å². The van der Waals surface area contributed by atoms with Crippen LogP contribution in [0.1, 0.15) is 79.3 Å². The molecule has 5 aromatic rings. The second kappa shape index (κ2) is 6.37. The smallest absolute Gasteiger partial charge is 0.321 e. The van der Waals surface area contributed by atoms with E-state index in [1.54, 1.807) is 0 Å². The molecular weight excluding hydrogens is 566 g/mol. The molecule has 5 aromatic carbocycles. The predicted octanol–water partition coefficient (Wildman–Crippen LogP) is 5.51. The van der Waals surface area contributed by atoms with E-state index in [1.807, 2.05) is 0 Å². The molecule has 1 heterocycles. The summed E-state index contributed by atoms with van der Waals surface area (Å²) in [6, 6.07) is 11.2. The molecule has 7 aliphatic carbocycles. The zero-order valence-electron chi connectivity index (χ0n) is 23.6. The Morgan fingerprint density at radius 2 is 1.02 bits per heavy atom. The standard InChI is InChI=1S/C38H21NO6/c40-18(41)9-39-35(37(42)43)27-16-7-14-5-12-3-10-1-2-11-4-13-6-15-8-17(28(27)36(39)38(44)45)26-25(16)31-23(14)21(12)29-19(10)20(11)30-22(13)24(15)32(26)34(31)33(29)30/h1-4,7-8,27-28,33-36H,5-6,9H2,(H,40,41)(H,42,43)(H,44,45). The number of carboxylic acids is 3. The molecule has 0 amide bonds. The maximum Gasteiger partial charge on any atom is 0.321 e. The van der Waals surface area contributed by atoms with Crippen molar-refractivity contribution in [3.05, 3.63) is 92.0 Å². The van der Waals surface area contributed by atoms with Crippen molar-refractivity contribution in [1.82, 2.24) is 4.90 Å². The van der Waals surface area contributed by atoms with Crippen molar-refractivity contribution in [2.45, 2.75) is 48.6 Å². The average molecular weight is 588 g/mol. The van der Waals surface area contributed by atoms with Crippen molar-refractivity contribution >= 4 is 39.5 Å². The van der Waals surface area contributed by atoms with Gasteiger partial charge >= 0.3 is 17.9 Å². The Morgan fingerprint density at radius 1 is 0.600 bits per heavy atom. The highest BCUT2D eigenvalue weighted by Crippen LogP contribution is 2.76. The molecule has 8 aliphatic rings. The van der Waals surface area contributed by atoms with Crippen LogP contribution in [0.25, 0.3) is 54.9 Å². The monoisotopic (exact) mass is 587 g/mol. The zero-order valence-corrected chi connectivity index (χ0v) is 23.6. The summed E-state index contributed by atoms with van der Waals surface area (Å²) in [6.45, 7) is -0.639. The normalized spacial score (nSPS) is 27.5. The summed E-state index contributed by atoms with van der Waals surface area (Å²) in [5.41, 5.74) is 20.1. The van der Waals surface area contributed by atoms with E-state index in [-0.39, 0.29) is 11.8 Å². The minimum absolute atomic E-state index is 0.124. The maximum atomic E-state index is 13.1. The fourth-order valence-corrected chi connectivity index (χ4v) is 12.2. The summed E-state index contributed by atoms with van der Waals surface area (Å²) < 4.78 is 0. The topological polar surface area (TPSA) is 115 Å². The predicted molar refractivity (Wildman–Crippen MR) is 163 cm³/mol. The second-order valence-corrected chi connectivity index (χ2v) is 14.5. The zero-order chi connectivity index (χ0) is 29.7. The molecule has 7 heteroatoms. The Hall–Kier alpha value is -5.01. The molecular formula is C38H21NO6. The first kappa shape index (κ1) is 22.5. The molecule has 3 N–H and O–H groups in total. The van der Waals surface area contributed by atoms with E-state index in [0.717, 1.165) is 35.1 Å². The molecule has 0 bridgehead atoms. The first-order valence-electron chi connectivity index (χ1n) is 15.7. The van der Waals surface area contributed by atoms with E-state index in [0.29, 0.717) is 0 Å². The van der Waals surface area contributed by atoms with Crippen LogP contribution < -0.4 is 0 Å². The number of hydrogen-bond acceptors (Lipinski definition) is 4. The van der Waals surface area contributed by atoms with Crippen molar-refractivity contribution in [2.75, 3.05) is 6.54 Å². The highest BCUT2D eigenvalue weighted by molar-refractivity contribution is 6.22. The van der Waals surface area contributed by atoms with Crippen molar-refractivity contribution in [3.63, 3.8) is 0 Å². The Labute approximate surface area is 254 Å². The first-order chi connectivity index (χ1) is 21.8. The maximum absolute atomic E-state index is 13.1. The number of aliphatic carboxylic acids is 3. The van der Waals surface area contributed by atoms with Crippen molar-refractivity contribution in [3.8, 4) is 33.4 Å². The lowest BCUT2D eigenvalue weighted by Gasteiger charge is -2.37. The summed E-state index contributed by atoms with van der Waals surface area (Å²) in [6.07, 6.45) is 1.52. The van der Waals surface area contributed by atoms with Crippen LogP contribution in [-0.2, 0) is 27.2 Å². The molecule has 0 aromatic heterocycles. The van der Waals surface area contributed by atoms with Crippen LogP contribution >= 0.6 is 0 Å². The minimum atomic E-state index is -1.26. The fraction of sp³-hybridized carbons (Fsp3) is 0.237. The van der Waals surface area contributed by atoms with E-state index < -0.39 is 48.4 Å². The molecule has 0 spiro atoms. The molecule has 13 rings (SSSR count). The molecule has 0 saturated carbocycles. The third-order valence-electron chi connectivity index (χ3n) is 13.0. The summed E-state index contributed by atoms with van der Waals surface area (Å²) in [5.74, 6) is -4.58. The van der Waals surface area contributed by atoms with Gasteiger partial charge in [-0.05, 0) is 123 Å². The highest BCUT2D eigenvalue weighted by Gasteiger charge is 2.63. The lowest BCUT2D eigenvalue weighted by atomic mass is 9.65. The van der Waals surface area contributed by atoms with Crippen LogP contribution in [0.3, 0.4) is 0 Å². The minimum Gasteiger partial charge on any atom is -0.480 e. The number of fused-ring (bicyclic) bond motifs is 3. The van der Waals surface area contributed by atoms with Gasteiger partial charge < -0.3 is 15.3 Å². The van der Waals surface area contributed by atoms with Gasteiger partial charge in [-0.25, -0.2) is 0 Å². The molecule has 1 fully saturated rings. The number of carboxylic acid groups (broad SMARTS) is 3. The number of rotatable bonds is 4. The van der Waals surface area contributed by atoms with Gasteiger partial charge in [0.1, 0.15) is 12.1 Å². The number of nitrogens with zero attached hydrogens (tertiary/aromatic N) is 1. The SMILES string of the molecule is O=C(O)CN1C(C(=O)O)C2c3cc4c5c6c3-c3c(cc7c8c3C6C3c6c-5c(cc5ccc9cc(c-8c3c9c65)C7)C4)C2C1C(=O)O. The van der Waals surface area contributed by atoms with Crippen molar-refractivity contribution < 1.29 is 29.7 Å². The van der Waals surface area contributed by atoms with Gasteiger partial charge in [0.15, 0.2) is 0 Å². The van der Waals surface area contributed by atoms with Gasteiger partial charge in [-0.2, -0.15) is 0 Å². The number of benzene rings is 5. The molecule has 214 valence electrons. The molecule has 7 nitrogen and oxygen atoms in total. The molecule has 1 saturated heterocycles. The van der Waals surface area contributed by atoms with Crippen molar-refractivity contribution in [2.24, 2.45) is 0 Å². The van der Waals surface area contributed by atoms with Gasteiger partial charge in [-0.15, -0.1) is 0 Å². The summed E-state index contributed by atoms with van der Waals surface area (Å²) in [4.78, 5) is 39.6. The van der Waals surface area contributed by atoms with Crippen LogP contribution in [0, 0.1) is 0 Å². The third-order valence-corrected chi connectivity index (χ3v) is 13.0. The summed E-state index contributed by atoms with van der Waals surface area (Å²) in [7, 11) is 0. The number of carbonyl (C=O) groups is 3. The van der Waals surface area contributed by atoms with E-state index >= 15 is 0 Å². The molecule has 4 atom stereocenters. The third kappa shape index (κ3) is 1.98. The second-order valence-electron chi connectivity index (χ2n) is 14.5. The fourth-order valence-electron chi connectivity index (χ4n) is 12.2. The molecule has 1 aliphatic heterocycles. The van der Waals surface area contributed by atoms with Gasteiger partial charge in [-0.1, -0.05) is 36.4 Å². The lowest BCUT2D eigenvalue weighted by molar-refractivity contribution is -0.150. The van der Waals surface area contributed by atoms with E-state index in [1.165, 1.54) is 93.2 Å². The van der Waals surface area contributed by atoms with E-state index in [4.69, 9.17) is 0 Å². The Balaban J connectivity index is 1.25. The van der Waals surface area contributed by atoms with Gasteiger partial charge in [0.25, 0.3) is 0 Å². The van der Waals surface area contributed by atoms with Gasteiger partial charge in [0, 0.05) is 23.7 Å². The van der Waals surface area contributed by atoms with E-state index in [9.17, 15) is 29.7 Å². The first-order valence-corrected chi connectivity index (χ1v) is 15.7. The number of hydrogen-bond donors (Lipinski definition) is 3. The lowest BCUT2D eigenvalue weighted by Crippen LogP contribution is -2.48. The van der Waals surface area contributed by atoms with Crippen LogP contribution in [0.4, 0.5) is 0 Å². The number of likely N-dealkylation sites (tertiary alicyclic amines) is 1. The summed E-state index contributed by atoms with van der Waals surface area (Å²) in [5, 5.41) is 36.7. The molecule has 4 unspecified atom stereocenters. The van der Waals surface area contributed by atoms with Gasteiger partial charge in [0.05, 0.1) is 6.54 Å². The van der Waals surface area contributed by atoms with Crippen LogP contribution in [0.2, 0.25) is 0 Å².